The fourth-order valence-electron chi connectivity index (χ4n) is 2.04. The van der Waals surface area contributed by atoms with E-state index in [1.54, 1.807) is 0 Å². The highest BCUT2D eigenvalue weighted by atomic mass is 14.9. The molecule has 0 bridgehead atoms. The standard InChI is InChI=1S/C14H19N/c1-11(2)7-9-15-10-8-13-6-4-5-12(3)14(13)15/h4-6,8,10-11H,7,9H2,1-3H3. The van der Waals surface area contributed by atoms with E-state index < -0.39 is 0 Å². The molecule has 0 saturated heterocycles. The van der Waals surface area contributed by atoms with Gasteiger partial charge in [-0.2, -0.15) is 0 Å². The molecule has 80 valence electrons. The molecule has 2 rings (SSSR count). The van der Waals surface area contributed by atoms with Crippen molar-refractivity contribution in [1.29, 1.82) is 0 Å². The predicted octanol–water partition coefficient (Wildman–Crippen LogP) is 4.00. The molecule has 0 unspecified atom stereocenters. The van der Waals surface area contributed by atoms with Gasteiger partial charge in [0.2, 0.25) is 0 Å². The van der Waals surface area contributed by atoms with Gasteiger partial charge in [-0.05, 0) is 36.3 Å². The number of hydrogen-bond donors (Lipinski definition) is 0. The van der Waals surface area contributed by atoms with Crippen molar-refractivity contribution in [1.82, 2.24) is 4.57 Å². The fraction of sp³-hybridized carbons (Fsp3) is 0.429. The molecule has 0 atom stereocenters. The average molecular weight is 201 g/mol. The lowest BCUT2D eigenvalue weighted by Crippen LogP contribution is -2.00. The summed E-state index contributed by atoms with van der Waals surface area (Å²) in [4.78, 5) is 0. The van der Waals surface area contributed by atoms with E-state index in [0.29, 0.717) is 0 Å². The number of benzene rings is 1. The Morgan fingerprint density at radius 3 is 2.73 bits per heavy atom. The predicted molar refractivity (Wildman–Crippen MR) is 66.1 cm³/mol. The number of para-hydroxylation sites is 1. The normalized spacial score (nSPS) is 11.5. The van der Waals surface area contributed by atoms with Gasteiger partial charge < -0.3 is 4.57 Å². The third kappa shape index (κ3) is 2.06. The first-order valence-electron chi connectivity index (χ1n) is 5.73. The Bertz CT molecular complexity index is 451. The molecule has 0 spiro atoms. The summed E-state index contributed by atoms with van der Waals surface area (Å²) in [5.74, 6) is 0.770. The molecule has 2 aromatic rings. The zero-order chi connectivity index (χ0) is 10.8. The molecule has 1 aromatic heterocycles. The summed E-state index contributed by atoms with van der Waals surface area (Å²) in [5.41, 5.74) is 2.78. The van der Waals surface area contributed by atoms with Crippen molar-refractivity contribution >= 4 is 10.9 Å². The molecule has 1 nitrogen and oxygen atoms in total. The van der Waals surface area contributed by atoms with Gasteiger partial charge in [-0.15, -0.1) is 0 Å². The van der Waals surface area contributed by atoms with Gasteiger partial charge in [0.15, 0.2) is 0 Å². The zero-order valence-electron chi connectivity index (χ0n) is 9.83. The fourth-order valence-corrected chi connectivity index (χ4v) is 2.04. The minimum Gasteiger partial charge on any atom is -0.347 e. The number of hydrogen-bond acceptors (Lipinski definition) is 0. The second-order valence-electron chi connectivity index (χ2n) is 4.70. The molecule has 1 heterocycles. The van der Waals surface area contributed by atoms with Gasteiger partial charge in [-0.3, -0.25) is 0 Å². The van der Waals surface area contributed by atoms with E-state index in [2.05, 4.69) is 55.8 Å². The Balaban J connectivity index is 2.35. The second kappa shape index (κ2) is 4.09. The molecule has 0 aliphatic carbocycles. The van der Waals surface area contributed by atoms with Crippen molar-refractivity contribution in [3.05, 3.63) is 36.0 Å². The van der Waals surface area contributed by atoms with Gasteiger partial charge in [0.1, 0.15) is 0 Å². The Labute approximate surface area is 91.7 Å². The molecular formula is C14H19N. The molecule has 0 fully saturated rings. The second-order valence-corrected chi connectivity index (χ2v) is 4.70. The molecular weight excluding hydrogens is 182 g/mol. The SMILES string of the molecule is Cc1cccc2ccn(CCC(C)C)c12. The van der Waals surface area contributed by atoms with E-state index >= 15 is 0 Å². The number of fused-ring (bicyclic) bond motifs is 1. The van der Waals surface area contributed by atoms with Gasteiger partial charge in [-0.1, -0.05) is 32.0 Å². The van der Waals surface area contributed by atoms with Crippen molar-refractivity contribution in [3.8, 4) is 0 Å². The summed E-state index contributed by atoms with van der Waals surface area (Å²) in [7, 11) is 0. The number of rotatable bonds is 3. The lowest BCUT2D eigenvalue weighted by molar-refractivity contribution is 0.524. The summed E-state index contributed by atoms with van der Waals surface area (Å²) in [5, 5.41) is 1.36. The molecule has 0 N–H and O–H groups in total. The average Bonchev–Trinajstić information content (AvgIpc) is 2.59. The summed E-state index contributed by atoms with van der Waals surface area (Å²) >= 11 is 0. The van der Waals surface area contributed by atoms with Gasteiger partial charge in [0, 0.05) is 12.7 Å². The van der Waals surface area contributed by atoms with E-state index in [0.717, 1.165) is 12.5 Å². The maximum absolute atomic E-state index is 2.38. The Morgan fingerprint density at radius 1 is 1.20 bits per heavy atom. The molecule has 0 radical (unpaired) electrons. The highest BCUT2D eigenvalue weighted by molar-refractivity contribution is 5.83. The number of aromatic nitrogens is 1. The van der Waals surface area contributed by atoms with E-state index in [9.17, 15) is 0 Å². The molecule has 15 heavy (non-hydrogen) atoms. The van der Waals surface area contributed by atoms with Gasteiger partial charge in [-0.25, -0.2) is 0 Å². The van der Waals surface area contributed by atoms with Crippen LogP contribution in [0.5, 0.6) is 0 Å². The van der Waals surface area contributed by atoms with Crippen LogP contribution in [0.3, 0.4) is 0 Å². The van der Waals surface area contributed by atoms with Crippen molar-refractivity contribution in [2.24, 2.45) is 5.92 Å². The van der Waals surface area contributed by atoms with Gasteiger partial charge >= 0.3 is 0 Å². The number of aryl methyl sites for hydroxylation is 2. The summed E-state index contributed by atoms with van der Waals surface area (Å²) in [6.45, 7) is 7.87. The number of nitrogens with zero attached hydrogens (tertiary/aromatic N) is 1. The Morgan fingerprint density at radius 2 is 2.00 bits per heavy atom. The highest BCUT2D eigenvalue weighted by Crippen LogP contribution is 2.20. The first-order chi connectivity index (χ1) is 7.18. The summed E-state index contributed by atoms with van der Waals surface area (Å²) in [6.07, 6.45) is 3.46. The highest BCUT2D eigenvalue weighted by Gasteiger charge is 2.03. The summed E-state index contributed by atoms with van der Waals surface area (Å²) < 4.78 is 2.38. The first-order valence-corrected chi connectivity index (χ1v) is 5.73. The molecule has 1 heteroatoms. The van der Waals surface area contributed by atoms with Crippen LogP contribution in [-0.4, -0.2) is 4.57 Å². The lowest BCUT2D eigenvalue weighted by atomic mass is 10.1. The van der Waals surface area contributed by atoms with Crippen molar-refractivity contribution in [2.75, 3.05) is 0 Å². The largest absolute Gasteiger partial charge is 0.347 e. The maximum atomic E-state index is 2.38. The topological polar surface area (TPSA) is 4.93 Å². The minimum absolute atomic E-state index is 0.770. The third-order valence-corrected chi connectivity index (χ3v) is 2.94. The monoisotopic (exact) mass is 201 g/mol. The van der Waals surface area contributed by atoms with E-state index in [1.807, 2.05) is 0 Å². The minimum atomic E-state index is 0.770. The van der Waals surface area contributed by atoms with Crippen LogP contribution in [0.25, 0.3) is 10.9 Å². The summed E-state index contributed by atoms with van der Waals surface area (Å²) in [6, 6.07) is 8.72. The third-order valence-electron chi connectivity index (χ3n) is 2.94. The van der Waals surface area contributed by atoms with Crippen molar-refractivity contribution in [2.45, 2.75) is 33.7 Å². The molecule has 0 aliphatic heterocycles. The molecule has 0 aliphatic rings. The van der Waals surface area contributed by atoms with Gasteiger partial charge in [0.05, 0.1) is 5.52 Å². The van der Waals surface area contributed by atoms with Crippen LogP contribution >= 0.6 is 0 Å². The Kier molecular flexibility index (Phi) is 2.81. The maximum Gasteiger partial charge on any atom is 0.0509 e. The smallest absolute Gasteiger partial charge is 0.0509 e. The van der Waals surface area contributed by atoms with Crippen LogP contribution < -0.4 is 0 Å². The van der Waals surface area contributed by atoms with Crippen molar-refractivity contribution in [3.63, 3.8) is 0 Å². The quantitative estimate of drug-likeness (QED) is 0.707. The first kappa shape index (κ1) is 10.3. The van der Waals surface area contributed by atoms with E-state index in [1.165, 1.54) is 22.9 Å². The van der Waals surface area contributed by atoms with Crippen LogP contribution in [-0.2, 0) is 6.54 Å². The van der Waals surface area contributed by atoms with Crippen LogP contribution in [0, 0.1) is 12.8 Å². The van der Waals surface area contributed by atoms with Crippen LogP contribution in [0.1, 0.15) is 25.8 Å². The Hall–Kier alpha value is -1.24. The van der Waals surface area contributed by atoms with Crippen LogP contribution in [0.4, 0.5) is 0 Å². The van der Waals surface area contributed by atoms with Gasteiger partial charge in [0.25, 0.3) is 0 Å². The van der Waals surface area contributed by atoms with Crippen molar-refractivity contribution < 1.29 is 0 Å². The van der Waals surface area contributed by atoms with E-state index in [-0.39, 0.29) is 0 Å². The molecule has 1 aromatic carbocycles. The lowest BCUT2D eigenvalue weighted by Gasteiger charge is -2.09. The van der Waals surface area contributed by atoms with Crippen LogP contribution in [0.15, 0.2) is 30.5 Å². The zero-order valence-corrected chi connectivity index (χ0v) is 9.83. The molecule has 0 saturated carbocycles. The van der Waals surface area contributed by atoms with E-state index in [4.69, 9.17) is 0 Å². The molecule has 0 amide bonds. The van der Waals surface area contributed by atoms with Crippen LogP contribution in [0.2, 0.25) is 0 Å².